The van der Waals surface area contributed by atoms with Crippen LogP contribution in [0.15, 0.2) is 30.3 Å². The summed E-state index contributed by atoms with van der Waals surface area (Å²) in [5, 5.41) is 16.1. The van der Waals surface area contributed by atoms with Gasteiger partial charge in [-0.1, -0.05) is 30.3 Å². The molecule has 2 rings (SSSR count). The number of piperidine rings is 1. The smallest absolute Gasteiger partial charge is 0.227 e. The van der Waals surface area contributed by atoms with E-state index in [1.54, 1.807) is 0 Å². The summed E-state index contributed by atoms with van der Waals surface area (Å²) in [6.45, 7) is 3.93. The number of aliphatic hydroxyl groups excluding tert-OH is 1. The van der Waals surface area contributed by atoms with Crippen LogP contribution in [0.25, 0.3) is 0 Å². The average Bonchev–Trinajstić information content (AvgIpc) is 2.46. The number of nitrogens with one attached hydrogen (secondary N) is 2. The maximum atomic E-state index is 12.2. The van der Waals surface area contributed by atoms with Gasteiger partial charge in [-0.05, 0) is 31.9 Å². The van der Waals surface area contributed by atoms with Crippen LogP contribution in [0.2, 0.25) is 0 Å². The SMILES string of the molecule is CC1(C(=O)NCC(O)c2ccccc2)CCCNC1. The molecule has 1 aromatic rings. The zero-order valence-electron chi connectivity index (χ0n) is 11.4. The molecule has 1 heterocycles. The van der Waals surface area contributed by atoms with E-state index in [0.29, 0.717) is 6.54 Å². The maximum absolute atomic E-state index is 12.2. The first-order valence-electron chi connectivity index (χ1n) is 6.84. The molecule has 1 aromatic carbocycles. The van der Waals surface area contributed by atoms with Crippen molar-refractivity contribution in [3.8, 4) is 0 Å². The first-order chi connectivity index (χ1) is 9.12. The van der Waals surface area contributed by atoms with Crippen LogP contribution in [0.5, 0.6) is 0 Å². The summed E-state index contributed by atoms with van der Waals surface area (Å²) in [7, 11) is 0. The molecule has 2 unspecified atom stereocenters. The fraction of sp³-hybridized carbons (Fsp3) is 0.533. The Kier molecular flexibility index (Phi) is 4.56. The lowest BCUT2D eigenvalue weighted by atomic mass is 9.82. The number of carbonyl (C=O) groups excluding carboxylic acids is 1. The number of carbonyl (C=O) groups is 1. The van der Waals surface area contributed by atoms with E-state index in [1.165, 1.54) is 0 Å². The summed E-state index contributed by atoms with van der Waals surface area (Å²) < 4.78 is 0. The average molecular weight is 262 g/mol. The van der Waals surface area contributed by atoms with Gasteiger partial charge in [-0.25, -0.2) is 0 Å². The zero-order valence-corrected chi connectivity index (χ0v) is 11.4. The zero-order chi connectivity index (χ0) is 13.7. The number of hydrogen-bond acceptors (Lipinski definition) is 3. The molecule has 0 radical (unpaired) electrons. The van der Waals surface area contributed by atoms with Crippen molar-refractivity contribution in [3.05, 3.63) is 35.9 Å². The Bertz CT molecular complexity index is 413. The molecule has 1 amide bonds. The number of rotatable bonds is 4. The summed E-state index contributed by atoms with van der Waals surface area (Å²) in [5.41, 5.74) is 0.476. The molecule has 0 saturated carbocycles. The highest BCUT2D eigenvalue weighted by molar-refractivity contribution is 5.82. The van der Waals surface area contributed by atoms with Crippen LogP contribution in [0.4, 0.5) is 0 Å². The Hall–Kier alpha value is -1.39. The standard InChI is InChI=1S/C15H22N2O2/c1-15(8-5-9-16-11-15)14(19)17-10-13(18)12-6-3-2-4-7-12/h2-4,6-7,13,16,18H,5,8-11H2,1H3,(H,17,19). The van der Waals surface area contributed by atoms with Crippen LogP contribution < -0.4 is 10.6 Å². The highest BCUT2D eigenvalue weighted by atomic mass is 16.3. The molecule has 0 bridgehead atoms. The Morgan fingerprint density at radius 2 is 2.21 bits per heavy atom. The lowest BCUT2D eigenvalue weighted by Gasteiger charge is -2.32. The number of hydrogen-bond donors (Lipinski definition) is 3. The molecule has 104 valence electrons. The molecule has 4 nitrogen and oxygen atoms in total. The second-order valence-corrected chi connectivity index (χ2v) is 5.48. The predicted molar refractivity (Wildman–Crippen MR) is 74.6 cm³/mol. The van der Waals surface area contributed by atoms with Crippen molar-refractivity contribution in [1.29, 1.82) is 0 Å². The van der Waals surface area contributed by atoms with Crippen LogP contribution in [0.1, 0.15) is 31.4 Å². The first kappa shape index (κ1) is 14.0. The minimum absolute atomic E-state index is 0.0229. The van der Waals surface area contributed by atoms with Crippen molar-refractivity contribution >= 4 is 5.91 Å². The number of aliphatic hydroxyl groups is 1. The molecule has 2 atom stereocenters. The summed E-state index contributed by atoms with van der Waals surface area (Å²) in [6, 6.07) is 9.39. The van der Waals surface area contributed by atoms with Gasteiger partial charge in [0, 0.05) is 13.1 Å². The van der Waals surface area contributed by atoms with Gasteiger partial charge >= 0.3 is 0 Å². The third kappa shape index (κ3) is 3.55. The van der Waals surface area contributed by atoms with Gasteiger partial charge in [-0.2, -0.15) is 0 Å². The largest absolute Gasteiger partial charge is 0.387 e. The van der Waals surface area contributed by atoms with Crippen LogP contribution in [-0.2, 0) is 4.79 Å². The molecule has 0 aromatic heterocycles. The summed E-state index contributed by atoms with van der Waals surface area (Å²) in [5.74, 6) is 0.0229. The third-order valence-corrected chi connectivity index (χ3v) is 3.79. The Morgan fingerprint density at radius 1 is 1.47 bits per heavy atom. The Labute approximate surface area is 114 Å². The summed E-state index contributed by atoms with van der Waals surface area (Å²) in [4.78, 5) is 12.2. The van der Waals surface area contributed by atoms with Gasteiger partial charge < -0.3 is 15.7 Å². The minimum atomic E-state index is -0.648. The molecule has 4 heteroatoms. The molecule has 3 N–H and O–H groups in total. The number of benzene rings is 1. The fourth-order valence-electron chi connectivity index (χ4n) is 2.45. The summed E-state index contributed by atoms with van der Waals surface area (Å²) >= 11 is 0. The Morgan fingerprint density at radius 3 is 2.84 bits per heavy atom. The minimum Gasteiger partial charge on any atom is -0.387 e. The molecule has 19 heavy (non-hydrogen) atoms. The molecule has 1 aliphatic rings. The second kappa shape index (κ2) is 6.17. The van der Waals surface area contributed by atoms with E-state index in [-0.39, 0.29) is 17.9 Å². The second-order valence-electron chi connectivity index (χ2n) is 5.48. The highest BCUT2D eigenvalue weighted by Crippen LogP contribution is 2.25. The van der Waals surface area contributed by atoms with Gasteiger partial charge in [-0.15, -0.1) is 0 Å². The van der Waals surface area contributed by atoms with Gasteiger partial charge in [0.1, 0.15) is 0 Å². The van der Waals surface area contributed by atoms with Gasteiger partial charge in [-0.3, -0.25) is 4.79 Å². The van der Waals surface area contributed by atoms with Gasteiger partial charge in [0.15, 0.2) is 0 Å². The molecule has 1 fully saturated rings. The normalized spacial score (nSPS) is 24.7. The molecule has 1 saturated heterocycles. The van der Waals surface area contributed by atoms with Gasteiger partial charge in [0.25, 0.3) is 0 Å². The first-order valence-corrected chi connectivity index (χ1v) is 6.84. The topological polar surface area (TPSA) is 61.4 Å². The van der Waals surface area contributed by atoms with E-state index in [0.717, 1.165) is 24.9 Å². The highest BCUT2D eigenvalue weighted by Gasteiger charge is 2.34. The molecular weight excluding hydrogens is 240 g/mol. The monoisotopic (exact) mass is 262 g/mol. The van der Waals surface area contributed by atoms with Crippen LogP contribution in [0, 0.1) is 5.41 Å². The molecule has 0 spiro atoms. The van der Waals surface area contributed by atoms with E-state index in [2.05, 4.69) is 10.6 Å². The number of amides is 1. The molecular formula is C15H22N2O2. The van der Waals surface area contributed by atoms with Gasteiger partial charge in [0.05, 0.1) is 11.5 Å². The van der Waals surface area contributed by atoms with Crippen LogP contribution in [0.3, 0.4) is 0 Å². The van der Waals surface area contributed by atoms with Crippen LogP contribution >= 0.6 is 0 Å². The van der Waals surface area contributed by atoms with Crippen molar-refractivity contribution in [2.24, 2.45) is 5.41 Å². The van der Waals surface area contributed by atoms with E-state index >= 15 is 0 Å². The van der Waals surface area contributed by atoms with E-state index in [4.69, 9.17) is 0 Å². The predicted octanol–water partition coefficient (Wildman–Crippen LogP) is 1.23. The lowest BCUT2D eigenvalue weighted by molar-refractivity contribution is -0.131. The van der Waals surface area contributed by atoms with Crippen molar-refractivity contribution in [1.82, 2.24) is 10.6 Å². The van der Waals surface area contributed by atoms with E-state index in [1.807, 2.05) is 37.3 Å². The Balaban J connectivity index is 1.86. The van der Waals surface area contributed by atoms with Crippen molar-refractivity contribution in [3.63, 3.8) is 0 Å². The quantitative estimate of drug-likeness (QED) is 0.765. The van der Waals surface area contributed by atoms with Crippen LogP contribution in [-0.4, -0.2) is 30.6 Å². The van der Waals surface area contributed by atoms with Gasteiger partial charge in [0.2, 0.25) is 5.91 Å². The third-order valence-electron chi connectivity index (χ3n) is 3.79. The summed E-state index contributed by atoms with van der Waals surface area (Å²) in [6.07, 6.45) is 1.27. The molecule has 0 aliphatic carbocycles. The fourth-order valence-corrected chi connectivity index (χ4v) is 2.45. The van der Waals surface area contributed by atoms with Crippen molar-refractivity contribution < 1.29 is 9.90 Å². The lowest BCUT2D eigenvalue weighted by Crippen LogP contribution is -2.49. The van der Waals surface area contributed by atoms with Crippen molar-refractivity contribution in [2.45, 2.75) is 25.9 Å². The van der Waals surface area contributed by atoms with E-state index < -0.39 is 6.10 Å². The van der Waals surface area contributed by atoms with Crippen molar-refractivity contribution in [2.75, 3.05) is 19.6 Å². The van der Waals surface area contributed by atoms with E-state index in [9.17, 15) is 9.90 Å². The maximum Gasteiger partial charge on any atom is 0.227 e. The molecule has 1 aliphatic heterocycles.